The molecule has 0 aromatic heterocycles. The minimum absolute atomic E-state index is 0.0390. The fourth-order valence-corrected chi connectivity index (χ4v) is 2.33. The highest BCUT2D eigenvalue weighted by molar-refractivity contribution is 5.79. The zero-order valence-electron chi connectivity index (χ0n) is 13.1. The second-order valence-corrected chi connectivity index (χ2v) is 5.88. The van der Waals surface area contributed by atoms with Gasteiger partial charge >= 0.3 is 0 Å². The third-order valence-corrected chi connectivity index (χ3v) is 3.98. The maximum Gasteiger partial charge on any atom is 0.224 e. The van der Waals surface area contributed by atoms with Crippen LogP contribution < -0.4 is 11.1 Å². The van der Waals surface area contributed by atoms with Crippen molar-refractivity contribution >= 4 is 5.91 Å². The molecule has 0 heterocycles. The Labute approximate surface area is 122 Å². The van der Waals surface area contributed by atoms with E-state index < -0.39 is 0 Å². The van der Waals surface area contributed by atoms with Gasteiger partial charge < -0.3 is 11.1 Å². The number of nitrogens with two attached hydrogens (primary N) is 1. The lowest BCUT2D eigenvalue weighted by atomic mass is 9.94. The zero-order valence-corrected chi connectivity index (χ0v) is 13.1. The average Bonchev–Trinajstić information content (AvgIpc) is 2.46. The molecule has 0 radical (unpaired) electrons. The third-order valence-electron chi connectivity index (χ3n) is 3.98. The standard InChI is InChI=1S/C17H28N2O/c1-5-12(2)11-13(3)19-17(20)14(4)16(18)15-9-7-6-8-10-15/h6-10,12-14,16H,5,11,18H2,1-4H3,(H,19,20). The molecule has 112 valence electrons. The van der Waals surface area contributed by atoms with Crippen LogP contribution in [-0.4, -0.2) is 11.9 Å². The lowest BCUT2D eigenvalue weighted by Crippen LogP contribution is -2.40. The molecule has 4 atom stereocenters. The number of hydrogen-bond donors (Lipinski definition) is 2. The fourth-order valence-electron chi connectivity index (χ4n) is 2.33. The van der Waals surface area contributed by atoms with E-state index in [0.717, 1.165) is 18.4 Å². The lowest BCUT2D eigenvalue weighted by molar-refractivity contribution is -0.125. The molecule has 0 saturated carbocycles. The summed E-state index contributed by atoms with van der Waals surface area (Å²) in [7, 11) is 0. The van der Waals surface area contributed by atoms with Crippen LogP contribution in [0, 0.1) is 11.8 Å². The molecule has 0 saturated heterocycles. The predicted molar refractivity (Wildman–Crippen MR) is 84.2 cm³/mol. The molecule has 1 rings (SSSR count). The Morgan fingerprint density at radius 1 is 1.20 bits per heavy atom. The molecule has 3 N–H and O–H groups in total. The van der Waals surface area contributed by atoms with Crippen molar-refractivity contribution in [3.05, 3.63) is 35.9 Å². The zero-order chi connectivity index (χ0) is 15.1. The first-order chi connectivity index (χ1) is 9.45. The Kier molecular flexibility index (Phi) is 6.73. The van der Waals surface area contributed by atoms with Gasteiger partial charge in [-0.25, -0.2) is 0 Å². The molecule has 1 aromatic carbocycles. The number of nitrogens with one attached hydrogen (secondary N) is 1. The van der Waals surface area contributed by atoms with E-state index in [9.17, 15) is 4.79 Å². The summed E-state index contributed by atoms with van der Waals surface area (Å²) in [4.78, 5) is 12.2. The average molecular weight is 276 g/mol. The largest absolute Gasteiger partial charge is 0.353 e. The molecule has 20 heavy (non-hydrogen) atoms. The second kappa shape index (κ2) is 8.05. The molecule has 0 aliphatic heterocycles. The third kappa shape index (κ3) is 4.97. The summed E-state index contributed by atoms with van der Waals surface area (Å²) in [5, 5.41) is 3.08. The molecule has 1 amide bonds. The highest BCUT2D eigenvalue weighted by Gasteiger charge is 2.23. The SMILES string of the molecule is CCC(C)CC(C)NC(=O)C(C)C(N)c1ccccc1. The van der Waals surface area contributed by atoms with Crippen molar-refractivity contribution in [2.45, 2.75) is 52.6 Å². The summed E-state index contributed by atoms with van der Waals surface area (Å²) in [6, 6.07) is 9.73. The van der Waals surface area contributed by atoms with Crippen LogP contribution in [0.2, 0.25) is 0 Å². The topological polar surface area (TPSA) is 55.1 Å². The van der Waals surface area contributed by atoms with Gasteiger partial charge in [-0.1, -0.05) is 57.5 Å². The van der Waals surface area contributed by atoms with Crippen LogP contribution in [0.5, 0.6) is 0 Å². The van der Waals surface area contributed by atoms with Gasteiger partial charge in [0.05, 0.1) is 5.92 Å². The van der Waals surface area contributed by atoms with Gasteiger partial charge in [0, 0.05) is 12.1 Å². The summed E-state index contributed by atoms with van der Waals surface area (Å²) in [6.45, 7) is 8.34. The van der Waals surface area contributed by atoms with E-state index in [0.29, 0.717) is 5.92 Å². The van der Waals surface area contributed by atoms with Crippen molar-refractivity contribution in [3.8, 4) is 0 Å². The minimum atomic E-state index is -0.257. The molecule has 3 nitrogen and oxygen atoms in total. The Hall–Kier alpha value is -1.35. The van der Waals surface area contributed by atoms with Crippen molar-refractivity contribution < 1.29 is 4.79 Å². The van der Waals surface area contributed by atoms with E-state index in [1.54, 1.807) is 0 Å². The van der Waals surface area contributed by atoms with Gasteiger partial charge in [-0.3, -0.25) is 4.79 Å². The molecule has 0 bridgehead atoms. The van der Waals surface area contributed by atoms with Crippen LogP contribution in [0.4, 0.5) is 0 Å². The monoisotopic (exact) mass is 276 g/mol. The number of carbonyl (C=O) groups is 1. The number of hydrogen-bond acceptors (Lipinski definition) is 2. The Morgan fingerprint density at radius 2 is 1.80 bits per heavy atom. The Bertz CT molecular complexity index is 405. The smallest absolute Gasteiger partial charge is 0.224 e. The van der Waals surface area contributed by atoms with Crippen LogP contribution in [0.25, 0.3) is 0 Å². The fraction of sp³-hybridized carbons (Fsp3) is 0.588. The maximum absolute atomic E-state index is 12.2. The summed E-state index contributed by atoms with van der Waals surface area (Å²) in [6.07, 6.45) is 2.15. The van der Waals surface area contributed by atoms with Crippen molar-refractivity contribution in [1.82, 2.24) is 5.32 Å². The van der Waals surface area contributed by atoms with E-state index in [2.05, 4.69) is 26.1 Å². The molecular formula is C17H28N2O. The molecule has 1 aromatic rings. The van der Waals surface area contributed by atoms with Gasteiger partial charge in [0.2, 0.25) is 5.91 Å². The Morgan fingerprint density at radius 3 is 2.35 bits per heavy atom. The molecule has 3 heteroatoms. The summed E-state index contributed by atoms with van der Waals surface area (Å²) >= 11 is 0. The van der Waals surface area contributed by atoms with E-state index in [-0.39, 0.29) is 23.9 Å². The molecular weight excluding hydrogens is 248 g/mol. The van der Waals surface area contributed by atoms with E-state index in [1.807, 2.05) is 37.3 Å². The molecule has 0 aliphatic carbocycles. The number of rotatable bonds is 7. The van der Waals surface area contributed by atoms with Gasteiger partial charge in [-0.05, 0) is 24.8 Å². The second-order valence-electron chi connectivity index (χ2n) is 5.88. The first-order valence-corrected chi connectivity index (χ1v) is 7.56. The van der Waals surface area contributed by atoms with E-state index in [4.69, 9.17) is 5.73 Å². The maximum atomic E-state index is 12.2. The summed E-state index contributed by atoms with van der Waals surface area (Å²) < 4.78 is 0. The Balaban J connectivity index is 2.54. The van der Waals surface area contributed by atoms with Crippen molar-refractivity contribution in [1.29, 1.82) is 0 Å². The van der Waals surface area contributed by atoms with Gasteiger partial charge in [-0.2, -0.15) is 0 Å². The van der Waals surface area contributed by atoms with Gasteiger partial charge in [0.25, 0.3) is 0 Å². The lowest BCUT2D eigenvalue weighted by Gasteiger charge is -2.23. The van der Waals surface area contributed by atoms with Crippen LogP contribution in [0.15, 0.2) is 30.3 Å². The molecule has 0 aliphatic rings. The van der Waals surface area contributed by atoms with Crippen LogP contribution in [0.3, 0.4) is 0 Å². The van der Waals surface area contributed by atoms with Crippen molar-refractivity contribution in [2.75, 3.05) is 0 Å². The van der Waals surface area contributed by atoms with Crippen molar-refractivity contribution in [2.24, 2.45) is 17.6 Å². The highest BCUT2D eigenvalue weighted by atomic mass is 16.1. The van der Waals surface area contributed by atoms with Crippen LogP contribution in [0.1, 0.15) is 52.1 Å². The normalized spacial score (nSPS) is 17.1. The molecule has 4 unspecified atom stereocenters. The number of carbonyl (C=O) groups excluding carboxylic acids is 1. The van der Waals surface area contributed by atoms with Gasteiger partial charge in [0.15, 0.2) is 0 Å². The van der Waals surface area contributed by atoms with Gasteiger partial charge in [0.1, 0.15) is 0 Å². The highest BCUT2D eigenvalue weighted by Crippen LogP contribution is 2.19. The quantitative estimate of drug-likeness (QED) is 0.803. The van der Waals surface area contributed by atoms with E-state index >= 15 is 0 Å². The minimum Gasteiger partial charge on any atom is -0.353 e. The summed E-state index contributed by atoms with van der Waals surface area (Å²) in [5.41, 5.74) is 7.19. The number of benzene rings is 1. The van der Waals surface area contributed by atoms with Crippen LogP contribution >= 0.6 is 0 Å². The summed E-state index contributed by atoms with van der Waals surface area (Å²) in [5.74, 6) is 0.442. The molecule has 0 spiro atoms. The van der Waals surface area contributed by atoms with Crippen molar-refractivity contribution in [3.63, 3.8) is 0 Å². The number of amides is 1. The first kappa shape index (κ1) is 16.7. The van der Waals surface area contributed by atoms with E-state index in [1.165, 1.54) is 0 Å². The molecule has 0 fully saturated rings. The van der Waals surface area contributed by atoms with Crippen LogP contribution in [-0.2, 0) is 4.79 Å². The first-order valence-electron chi connectivity index (χ1n) is 7.56. The van der Waals surface area contributed by atoms with Gasteiger partial charge in [-0.15, -0.1) is 0 Å². The predicted octanol–water partition coefficient (Wildman–Crippen LogP) is 3.26.